The molecular formula is C22H27ClN4O6S. The van der Waals surface area contributed by atoms with Crippen molar-refractivity contribution in [1.29, 1.82) is 0 Å². The number of sulfone groups is 1. The second kappa shape index (κ2) is 10.8. The number of carbonyl (C=O) groups is 2. The zero-order valence-corrected chi connectivity index (χ0v) is 20.4. The van der Waals surface area contributed by atoms with Crippen molar-refractivity contribution in [2.24, 2.45) is 0 Å². The maximum atomic E-state index is 12.7. The number of carboxylic acid groups (broad SMARTS) is 1. The molecule has 2 aromatic rings. The van der Waals surface area contributed by atoms with Crippen LogP contribution in [0, 0.1) is 0 Å². The van der Waals surface area contributed by atoms with Gasteiger partial charge in [0, 0.05) is 29.7 Å². The van der Waals surface area contributed by atoms with Gasteiger partial charge >= 0.3 is 6.09 Å². The van der Waals surface area contributed by atoms with Crippen LogP contribution in [0.15, 0.2) is 41.3 Å². The lowest BCUT2D eigenvalue weighted by atomic mass is 10.0. The number of ether oxygens (including phenoxy) is 1. The first-order valence-corrected chi connectivity index (χ1v) is 12.7. The molecule has 4 N–H and O–H groups in total. The molecule has 0 aliphatic carbocycles. The summed E-state index contributed by atoms with van der Waals surface area (Å²) in [5, 5.41) is 12.7. The highest BCUT2D eigenvalue weighted by Crippen LogP contribution is 2.29. The summed E-state index contributed by atoms with van der Waals surface area (Å²) in [6, 6.07) is 9.24. The van der Waals surface area contributed by atoms with Crippen molar-refractivity contribution >= 4 is 44.8 Å². The fourth-order valence-corrected chi connectivity index (χ4v) is 4.81. The van der Waals surface area contributed by atoms with Crippen LogP contribution in [0.5, 0.6) is 5.75 Å². The van der Waals surface area contributed by atoms with Crippen LogP contribution >= 0.6 is 11.6 Å². The number of hydrogen-bond donors (Lipinski definition) is 4. The van der Waals surface area contributed by atoms with Gasteiger partial charge in [-0.2, -0.15) is 0 Å². The first-order chi connectivity index (χ1) is 16.1. The van der Waals surface area contributed by atoms with Crippen molar-refractivity contribution in [3.8, 4) is 5.75 Å². The molecule has 0 saturated carbocycles. The van der Waals surface area contributed by atoms with Gasteiger partial charge in [0.1, 0.15) is 5.75 Å². The van der Waals surface area contributed by atoms with Crippen LogP contribution in [0.25, 0.3) is 0 Å². The quantitative estimate of drug-likeness (QED) is 0.396. The van der Waals surface area contributed by atoms with E-state index in [0.717, 1.165) is 0 Å². The topological polar surface area (TPSA) is 137 Å². The van der Waals surface area contributed by atoms with Crippen LogP contribution in [-0.4, -0.2) is 62.4 Å². The summed E-state index contributed by atoms with van der Waals surface area (Å²) >= 11 is 6.00. The maximum absolute atomic E-state index is 12.7. The van der Waals surface area contributed by atoms with E-state index in [-0.39, 0.29) is 27.9 Å². The SMILES string of the molecule is CCS(=O)(=O)c1ccc(Cl)cc1NNC(=O)c1ccc(NC2CCN(C(=O)O)CC2)c(OC)c1. The van der Waals surface area contributed by atoms with Gasteiger partial charge in [-0.05, 0) is 49.2 Å². The highest BCUT2D eigenvalue weighted by atomic mass is 35.5. The Bertz CT molecular complexity index is 1170. The molecule has 0 bridgehead atoms. The standard InChI is InChI=1S/C22H27ClN4O6S/c1-3-34(31,32)20-7-5-15(23)13-18(20)25-26-21(28)14-4-6-17(19(12-14)33-2)24-16-8-10-27(11-9-16)22(29)30/h4-7,12-13,16,24-25H,3,8-11H2,1-2H3,(H,26,28)(H,29,30). The molecule has 2 amide bonds. The Morgan fingerprint density at radius 2 is 1.85 bits per heavy atom. The van der Waals surface area contributed by atoms with Crippen LogP contribution in [0.1, 0.15) is 30.1 Å². The number of methoxy groups -OCH3 is 1. The first-order valence-electron chi connectivity index (χ1n) is 10.7. The molecular weight excluding hydrogens is 484 g/mol. The van der Waals surface area contributed by atoms with E-state index < -0.39 is 21.8 Å². The molecule has 0 spiro atoms. The average molecular weight is 511 g/mol. The van der Waals surface area contributed by atoms with Gasteiger partial charge in [-0.3, -0.25) is 15.6 Å². The Morgan fingerprint density at radius 1 is 1.15 bits per heavy atom. The molecule has 1 aliphatic rings. The summed E-state index contributed by atoms with van der Waals surface area (Å²) in [5.74, 6) is -0.150. The van der Waals surface area contributed by atoms with Gasteiger partial charge in [0.05, 0.1) is 29.1 Å². The van der Waals surface area contributed by atoms with Crippen molar-refractivity contribution < 1.29 is 27.9 Å². The van der Waals surface area contributed by atoms with Crippen molar-refractivity contribution in [2.75, 3.05) is 36.7 Å². The Hall–Kier alpha value is -3.18. The van der Waals surface area contributed by atoms with E-state index in [4.69, 9.17) is 21.4 Å². The highest BCUT2D eigenvalue weighted by molar-refractivity contribution is 7.91. The molecule has 2 aromatic carbocycles. The van der Waals surface area contributed by atoms with Gasteiger partial charge in [0.15, 0.2) is 9.84 Å². The lowest BCUT2D eigenvalue weighted by Gasteiger charge is -2.31. The predicted octanol–water partition coefficient (Wildman–Crippen LogP) is 3.45. The van der Waals surface area contributed by atoms with Gasteiger partial charge in [0.25, 0.3) is 5.91 Å². The fourth-order valence-electron chi connectivity index (χ4n) is 3.61. The molecule has 3 rings (SSSR count). The van der Waals surface area contributed by atoms with E-state index in [1.165, 1.54) is 37.1 Å². The number of nitrogens with zero attached hydrogens (tertiary/aromatic N) is 1. The lowest BCUT2D eigenvalue weighted by Crippen LogP contribution is -2.41. The number of rotatable bonds is 8. The third-order valence-electron chi connectivity index (χ3n) is 5.56. The maximum Gasteiger partial charge on any atom is 0.407 e. The summed E-state index contributed by atoms with van der Waals surface area (Å²) in [6.07, 6.45) is 0.395. The van der Waals surface area contributed by atoms with E-state index in [1.54, 1.807) is 18.2 Å². The Morgan fingerprint density at radius 3 is 2.47 bits per heavy atom. The van der Waals surface area contributed by atoms with Crippen LogP contribution < -0.4 is 20.9 Å². The van der Waals surface area contributed by atoms with Crippen molar-refractivity contribution in [3.63, 3.8) is 0 Å². The van der Waals surface area contributed by atoms with Gasteiger partial charge in [-0.15, -0.1) is 0 Å². The van der Waals surface area contributed by atoms with Crippen LogP contribution in [0.4, 0.5) is 16.2 Å². The minimum absolute atomic E-state index is 0.0331. The number of anilines is 2. The smallest absolute Gasteiger partial charge is 0.407 e. The lowest BCUT2D eigenvalue weighted by molar-refractivity contribution is 0.0962. The molecule has 0 atom stereocenters. The fraction of sp³-hybridized carbons (Fsp3) is 0.364. The number of hydrogen-bond acceptors (Lipinski definition) is 7. The zero-order valence-electron chi connectivity index (χ0n) is 18.8. The summed E-state index contributed by atoms with van der Waals surface area (Å²) < 4.78 is 30.1. The van der Waals surface area contributed by atoms with Gasteiger partial charge in [0.2, 0.25) is 0 Å². The third kappa shape index (κ3) is 6.03. The molecule has 10 nitrogen and oxygen atoms in total. The molecule has 1 aliphatic heterocycles. The normalized spacial score (nSPS) is 14.4. The van der Waals surface area contributed by atoms with E-state index in [1.807, 2.05) is 0 Å². The zero-order chi connectivity index (χ0) is 24.9. The second-order valence-electron chi connectivity index (χ2n) is 7.73. The van der Waals surface area contributed by atoms with E-state index in [0.29, 0.717) is 42.4 Å². The van der Waals surface area contributed by atoms with Gasteiger partial charge in [-0.25, -0.2) is 13.2 Å². The van der Waals surface area contributed by atoms with Crippen LogP contribution in [0.2, 0.25) is 5.02 Å². The largest absolute Gasteiger partial charge is 0.495 e. The summed E-state index contributed by atoms with van der Waals surface area (Å²) in [6.45, 7) is 2.42. The molecule has 34 heavy (non-hydrogen) atoms. The van der Waals surface area contributed by atoms with Crippen molar-refractivity contribution in [1.82, 2.24) is 10.3 Å². The van der Waals surface area contributed by atoms with Crippen molar-refractivity contribution in [2.45, 2.75) is 30.7 Å². The monoisotopic (exact) mass is 510 g/mol. The third-order valence-corrected chi connectivity index (χ3v) is 7.58. The number of benzene rings is 2. The Kier molecular flexibility index (Phi) is 8.11. The number of likely N-dealkylation sites (tertiary alicyclic amines) is 1. The summed E-state index contributed by atoms with van der Waals surface area (Å²) in [5.41, 5.74) is 6.29. The van der Waals surface area contributed by atoms with E-state index >= 15 is 0 Å². The Labute approximate surface area is 203 Å². The number of hydrazine groups is 1. The summed E-state index contributed by atoms with van der Waals surface area (Å²) in [4.78, 5) is 25.2. The molecule has 184 valence electrons. The van der Waals surface area contributed by atoms with Crippen LogP contribution in [0.3, 0.4) is 0 Å². The van der Waals surface area contributed by atoms with E-state index in [2.05, 4.69) is 16.2 Å². The molecule has 1 saturated heterocycles. The number of halogens is 1. The predicted molar refractivity (Wildman–Crippen MR) is 130 cm³/mol. The minimum atomic E-state index is -3.53. The molecule has 1 heterocycles. The minimum Gasteiger partial charge on any atom is -0.495 e. The molecule has 1 fully saturated rings. The number of carbonyl (C=O) groups excluding carboxylic acids is 1. The number of nitrogens with one attached hydrogen (secondary N) is 3. The van der Waals surface area contributed by atoms with Gasteiger partial charge < -0.3 is 20.1 Å². The molecule has 0 radical (unpaired) electrons. The Balaban J connectivity index is 1.69. The van der Waals surface area contributed by atoms with Gasteiger partial charge in [-0.1, -0.05) is 18.5 Å². The first kappa shape index (κ1) is 25.4. The summed E-state index contributed by atoms with van der Waals surface area (Å²) in [7, 11) is -2.05. The van der Waals surface area contributed by atoms with Crippen LogP contribution in [-0.2, 0) is 9.84 Å². The number of piperidine rings is 1. The molecule has 0 aromatic heterocycles. The molecule has 12 heteroatoms. The van der Waals surface area contributed by atoms with E-state index in [9.17, 15) is 18.0 Å². The average Bonchev–Trinajstić information content (AvgIpc) is 2.83. The highest BCUT2D eigenvalue weighted by Gasteiger charge is 2.23. The van der Waals surface area contributed by atoms with Crippen molar-refractivity contribution in [3.05, 3.63) is 47.0 Å². The molecule has 0 unspecified atom stereocenters. The number of amides is 2. The second-order valence-corrected chi connectivity index (χ2v) is 10.4.